The van der Waals surface area contributed by atoms with E-state index in [4.69, 9.17) is 0 Å². The molecular formula is C24H28FN3O3. The summed E-state index contributed by atoms with van der Waals surface area (Å²) >= 11 is 0. The molecule has 0 aromatic heterocycles. The van der Waals surface area contributed by atoms with Crippen LogP contribution in [0.4, 0.5) is 9.18 Å². The number of rotatable bonds is 8. The molecule has 1 saturated heterocycles. The van der Waals surface area contributed by atoms with Crippen molar-refractivity contribution < 1.29 is 18.8 Å². The molecule has 2 atom stereocenters. The first-order chi connectivity index (χ1) is 14.8. The molecule has 2 N–H and O–H groups in total. The maximum Gasteiger partial charge on any atom is 0.325 e. The van der Waals surface area contributed by atoms with Crippen molar-refractivity contribution in [3.63, 3.8) is 0 Å². The molecule has 0 aliphatic carbocycles. The number of nitrogens with zero attached hydrogens (tertiary/aromatic N) is 1. The Bertz CT molecular complexity index is 946. The highest BCUT2D eigenvalue weighted by atomic mass is 19.1. The van der Waals surface area contributed by atoms with E-state index in [9.17, 15) is 18.8 Å². The fraction of sp³-hybridized carbons (Fsp3) is 0.375. The minimum atomic E-state index is -1.30. The van der Waals surface area contributed by atoms with Crippen molar-refractivity contribution in [3.8, 4) is 0 Å². The summed E-state index contributed by atoms with van der Waals surface area (Å²) in [4.78, 5) is 39.5. The molecule has 1 heterocycles. The maximum atomic E-state index is 13.3. The molecule has 7 heteroatoms. The van der Waals surface area contributed by atoms with Crippen molar-refractivity contribution in [2.24, 2.45) is 5.92 Å². The number of halogens is 1. The minimum Gasteiger partial charge on any atom is -0.348 e. The molecule has 2 aromatic rings. The van der Waals surface area contributed by atoms with Gasteiger partial charge in [0.1, 0.15) is 17.9 Å². The van der Waals surface area contributed by atoms with Gasteiger partial charge in [-0.2, -0.15) is 0 Å². The quantitative estimate of drug-likeness (QED) is 0.630. The highest BCUT2D eigenvalue weighted by molar-refractivity contribution is 6.09. The smallest absolute Gasteiger partial charge is 0.325 e. The van der Waals surface area contributed by atoms with Crippen LogP contribution in [0.1, 0.15) is 50.8 Å². The van der Waals surface area contributed by atoms with Crippen LogP contribution >= 0.6 is 0 Å². The largest absolute Gasteiger partial charge is 0.348 e. The van der Waals surface area contributed by atoms with Crippen LogP contribution in [0.25, 0.3) is 0 Å². The molecule has 0 spiro atoms. The summed E-state index contributed by atoms with van der Waals surface area (Å²) in [6.45, 7) is 5.52. The number of urea groups is 1. The number of imide groups is 1. The van der Waals surface area contributed by atoms with Gasteiger partial charge in [0.15, 0.2) is 0 Å². The van der Waals surface area contributed by atoms with E-state index in [2.05, 4.69) is 24.5 Å². The standard InChI is InChI=1S/C24H28FN3O3/c1-4-24(18-10-12-19(25)13-11-18)22(30)28(23(31)27-24)15-21(29)26-20(14-16(2)3)17-8-6-5-7-9-17/h5-13,16,20H,4,14-15H2,1-3H3,(H,26,29)(H,27,31)/t20-,24-/m0/s1. The first-order valence-electron chi connectivity index (χ1n) is 10.5. The van der Waals surface area contributed by atoms with Gasteiger partial charge < -0.3 is 10.6 Å². The molecule has 0 radical (unpaired) electrons. The lowest BCUT2D eigenvalue weighted by Crippen LogP contribution is -2.45. The monoisotopic (exact) mass is 425 g/mol. The Morgan fingerprint density at radius 2 is 1.74 bits per heavy atom. The summed E-state index contributed by atoms with van der Waals surface area (Å²) in [7, 11) is 0. The molecule has 0 bridgehead atoms. The van der Waals surface area contributed by atoms with Gasteiger partial charge >= 0.3 is 6.03 Å². The molecule has 0 unspecified atom stereocenters. The lowest BCUT2D eigenvalue weighted by molar-refractivity contribution is -0.135. The molecule has 0 saturated carbocycles. The van der Waals surface area contributed by atoms with Gasteiger partial charge in [-0.1, -0.05) is 63.2 Å². The molecule has 2 aromatic carbocycles. The third-order valence-electron chi connectivity index (χ3n) is 5.59. The van der Waals surface area contributed by atoms with Crippen molar-refractivity contribution in [1.82, 2.24) is 15.5 Å². The maximum absolute atomic E-state index is 13.3. The number of nitrogens with one attached hydrogen (secondary N) is 2. The lowest BCUT2D eigenvalue weighted by atomic mass is 9.87. The van der Waals surface area contributed by atoms with Gasteiger partial charge in [-0.05, 0) is 42.0 Å². The van der Waals surface area contributed by atoms with Crippen LogP contribution in [-0.4, -0.2) is 29.3 Å². The van der Waals surface area contributed by atoms with Crippen LogP contribution in [0.2, 0.25) is 0 Å². The van der Waals surface area contributed by atoms with Gasteiger partial charge in [0.25, 0.3) is 5.91 Å². The minimum absolute atomic E-state index is 0.220. The molecular weight excluding hydrogens is 397 g/mol. The van der Waals surface area contributed by atoms with Crippen LogP contribution in [-0.2, 0) is 15.1 Å². The first-order valence-corrected chi connectivity index (χ1v) is 10.5. The third kappa shape index (κ3) is 4.76. The van der Waals surface area contributed by atoms with Gasteiger partial charge in [0.2, 0.25) is 5.91 Å². The van der Waals surface area contributed by atoms with Crippen LogP contribution < -0.4 is 10.6 Å². The number of hydrogen-bond donors (Lipinski definition) is 2. The van der Waals surface area contributed by atoms with E-state index in [0.717, 1.165) is 16.9 Å². The first kappa shape index (κ1) is 22.5. The van der Waals surface area contributed by atoms with E-state index < -0.39 is 29.2 Å². The second-order valence-corrected chi connectivity index (χ2v) is 8.25. The summed E-state index contributed by atoms with van der Waals surface area (Å²) in [5.41, 5.74) is 0.151. The summed E-state index contributed by atoms with van der Waals surface area (Å²) in [6, 6.07) is 14.2. The molecule has 1 fully saturated rings. The van der Waals surface area contributed by atoms with Gasteiger partial charge in [-0.25, -0.2) is 9.18 Å². The van der Waals surface area contributed by atoms with Crippen molar-refractivity contribution in [3.05, 3.63) is 71.5 Å². The van der Waals surface area contributed by atoms with E-state index in [1.165, 1.54) is 24.3 Å². The van der Waals surface area contributed by atoms with Crippen molar-refractivity contribution in [2.75, 3.05) is 6.54 Å². The predicted molar refractivity (Wildman–Crippen MR) is 115 cm³/mol. The highest BCUT2D eigenvalue weighted by Gasteiger charge is 2.51. The number of carbonyl (C=O) groups is 3. The Kier molecular flexibility index (Phi) is 6.73. The average Bonchev–Trinajstić information content (AvgIpc) is 2.99. The van der Waals surface area contributed by atoms with Crippen molar-refractivity contribution >= 4 is 17.8 Å². The normalized spacial score (nSPS) is 19.5. The van der Waals surface area contributed by atoms with Gasteiger partial charge in [0.05, 0.1) is 6.04 Å². The third-order valence-corrected chi connectivity index (χ3v) is 5.59. The van der Waals surface area contributed by atoms with Crippen LogP contribution in [0, 0.1) is 11.7 Å². The Labute approximate surface area is 181 Å². The Hall–Kier alpha value is -3.22. The van der Waals surface area contributed by atoms with E-state index in [0.29, 0.717) is 11.5 Å². The van der Waals surface area contributed by atoms with Crippen LogP contribution in [0.5, 0.6) is 0 Å². The topological polar surface area (TPSA) is 78.5 Å². The van der Waals surface area contributed by atoms with Gasteiger partial charge in [-0.3, -0.25) is 14.5 Å². The Morgan fingerprint density at radius 1 is 1.10 bits per heavy atom. The van der Waals surface area contributed by atoms with Crippen LogP contribution in [0.15, 0.2) is 54.6 Å². The zero-order valence-electron chi connectivity index (χ0n) is 18.0. The Balaban J connectivity index is 1.76. The SMILES string of the molecule is CC[C@@]1(c2ccc(F)cc2)NC(=O)N(CC(=O)N[C@@H](CC(C)C)c2ccccc2)C1=O. The van der Waals surface area contributed by atoms with Crippen molar-refractivity contribution in [1.29, 1.82) is 0 Å². The zero-order chi connectivity index (χ0) is 22.6. The van der Waals surface area contributed by atoms with E-state index in [1.54, 1.807) is 6.92 Å². The number of carbonyl (C=O) groups excluding carboxylic acids is 3. The molecule has 1 aliphatic rings. The molecule has 6 nitrogen and oxygen atoms in total. The van der Waals surface area contributed by atoms with E-state index in [1.807, 2.05) is 30.3 Å². The molecule has 3 rings (SSSR count). The van der Waals surface area contributed by atoms with Gasteiger partial charge in [0, 0.05) is 0 Å². The average molecular weight is 426 g/mol. The van der Waals surface area contributed by atoms with E-state index in [-0.39, 0.29) is 19.0 Å². The fourth-order valence-corrected chi connectivity index (χ4v) is 3.96. The lowest BCUT2D eigenvalue weighted by Gasteiger charge is -2.26. The predicted octanol–water partition coefficient (Wildman–Crippen LogP) is 3.89. The number of hydrogen-bond acceptors (Lipinski definition) is 3. The highest BCUT2D eigenvalue weighted by Crippen LogP contribution is 2.32. The van der Waals surface area contributed by atoms with Gasteiger partial charge in [-0.15, -0.1) is 0 Å². The molecule has 4 amide bonds. The fourth-order valence-electron chi connectivity index (χ4n) is 3.96. The number of benzene rings is 2. The second-order valence-electron chi connectivity index (χ2n) is 8.25. The summed E-state index contributed by atoms with van der Waals surface area (Å²) < 4.78 is 13.3. The van der Waals surface area contributed by atoms with E-state index >= 15 is 0 Å². The summed E-state index contributed by atoms with van der Waals surface area (Å²) in [5, 5.41) is 5.67. The Morgan fingerprint density at radius 3 is 2.32 bits per heavy atom. The second kappa shape index (κ2) is 9.29. The van der Waals surface area contributed by atoms with Crippen molar-refractivity contribution in [2.45, 2.75) is 45.2 Å². The molecule has 164 valence electrons. The summed E-state index contributed by atoms with van der Waals surface area (Å²) in [6.07, 6.45) is 1.01. The number of amides is 4. The molecule has 1 aliphatic heterocycles. The zero-order valence-corrected chi connectivity index (χ0v) is 18.0. The van der Waals surface area contributed by atoms with Crippen LogP contribution in [0.3, 0.4) is 0 Å². The summed E-state index contributed by atoms with van der Waals surface area (Å²) in [5.74, 6) is -1.01. The molecule has 31 heavy (non-hydrogen) atoms.